The molecule has 2 amide bonds. The number of fused-ring (bicyclic) bond motifs is 1. The maximum atomic E-state index is 12.1. The second kappa shape index (κ2) is 6.37. The van der Waals surface area contributed by atoms with Crippen molar-refractivity contribution in [1.82, 2.24) is 10.4 Å². The second-order valence-corrected chi connectivity index (χ2v) is 5.95. The van der Waals surface area contributed by atoms with E-state index in [1.807, 2.05) is 6.07 Å². The molecule has 2 N–H and O–H groups in total. The SMILES string of the molecule is COC(=O)NN(C(C)=O)C1c2cc(C#N)ccc2OC(C)(C)C1O. The molecule has 0 radical (unpaired) electrons. The highest BCUT2D eigenvalue weighted by Gasteiger charge is 2.47. The van der Waals surface area contributed by atoms with Crippen LogP contribution in [-0.2, 0) is 9.53 Å². The Morgan fingerprint density at radius 2 is 2.12 bits per heavy atom. The molecule has 1 heterocycles. The van der Waals surface area contributed by atoms with E-state index in [2.05, 4.69) is 10.2 Å². The number of nitrogens with zero attached hydrogens (tertiary/aromatic N) is 2. The summed E-state index contributed by atoms with van der Waals surface area (Å²) >= 11 is 0. The number of hydrazine groups is 1. The van der Waals surface area contributed by atoms with Crippen LogP contribution in [0.3, 0.4) is 0 Å². The molecule has 0 aliphatic carbocycles. The minimum Gasteiger partial charge on any atom is -0.485 e. The predicted octanol–water partition coefficient (Wildman–Crippen LogP) is 1.25. The van der Waals surface area contributed by atoms with Crippen LogP contribution in [0, 0.1) is 11.3 Å². The number of carbonyl (C=O) groups excluding carboxylic acids is 2. The smallest absolute Gasteiger partial charge is 0.425 e. The Morgan fingerprint density at radius 3 is 2.67 bits per heavy atom. The van der Waals surface area contributed by atoms with E-state index in [1.54, 1.807) is 26.0 Å². The number of nitrogens with one attached hydrogen (secondary N) is 1. The summed E-state index contributed by atoms with van der Waals surface area (Å²) in [5.41, 5.74) is 2.06. The van der Waals surface area contributed by atoms with Crippen molar-refractivity contribution in [3.8, 4) is 11.8 Å². The highest BCUT2D eigenvalue weighted by Crippen LogP contribution is 2.42. The Bertz CT molecular complexity index is 710. The molecule has 1 aromatic rings. The van der Waals surface area contributed by atoms with Gasteiger partial charge in [-0.25, -0.2) is 15.2 Å². The maximum absolute atomic E-state index is 12.1. The Morgan fingerprint density at radius 1 is 1.46 bits per heavy atom. The van der Waals surface area contributed by atoms with E-state index < -0.39 is 29.7 Å². The standard InChI is InChI=1S/C16H19N3O5/c1-9(20)19(18-15(22)23-4)13-11-7-10(8-17)5-6-12(11)24-16(2,3)14(13)21/h5-7,13-14,21H,1-4H3,(H,18,22). The molecule has 2 atom stereocenters. The Kier molecular flexibility index (Phi) is 4.66. The number of rotatable bonds is 1. The molecule has 8 nitrogen and oxygen atoms in total. The van der Waals surface area contributed by atoms with E-state index in [-0.39, 0.29) is 0 Å². The first-order valence-corrected chi connectivity index (χ1v) is 7.26. The fourth-order valence-corrected chi connectivity index (χ4v) is 2.60. The normalized spacial score (nSPS) is 20.8. The van der Waals surface area contributed by atoms with Crippen molar-refractivity contribution in [3.63, 3.8) is 0 Å². The number of aliphatic hydroxyl groups excluding tert-OH is 1. The van der Waals surface area contributed by atoms with Crippen LogP contribution in [0.25, 0.3) is 0 Å². The number of ether oxygens (including phenoxy) is 2. The van der Waals surface area contributed by atoms with Gasteiger partial charge in [-0.1, -0.05) is 0 Å². The predicted molar refractivity (Wildman–Crippen MR) is 82.7 cm³/mol. The van der Waals surface area contributed by atoms with Gasteiger partial charge >= 0.3 is 6.09 Å². The second-order valence-electron chi connectivity index (χ2n) is 5.95. The summed E-state index contributed by atoms with van der Waals surface area (Å²) in [5, 5.41) is 20.8. The fourth-order valence-electron chi connectivity index (χ4n) is 2.60. The summed E-state index contributed by atoms with van der Waals surface area (Å²) in [4.78, 5) is 23.6. The van der Waals surface area contributed by atoms with Gasteiger partial charge in [0.25, 0.3) is 0 Å². The summed E-state index contributed by atoms with van der Waals surface area (Å²) < 4.78 is 10.3. The molecule has 0 saturated heterocycles. The average molecular weight is 333 g/mol. The van der Waals surface area contributed by atoms with Gasteiger partial charge in [0.1, 0.15) is 23.5 Å². The largest absolute Gasteiger partial charge is 0.485 e. The van der Waals surface area contributed by atoms with Crippen LogP contribution < -0.4 is 10.2 Å². The van der Waals surface area contributed by atoms with Crippen LogP contribution in [0.5, 0.6) is 5.75 Å². The van der Waals surface area contributed by atoms with E-state index in [0.717, 1.165) is 5.01 Å². The summed E-state index contributed by atoms with van der Waals surface area (Å²) in [7, 11) is 1.17. The third-order valence-electron chi connectivity index (χ3n) is 3.86. The Labute approximate surface area is 139 Å². The molecule has 128 valence electrons. The van der Waals surface area contributed by atoms with Gasteiger partial charge in [0.05, 0.1) is 18.7 Å². The van der Waals surface area contributed by atoms with Gasteiger partial charge < -0.3 is 14.6 Å². The molecule has 24 heavy (non-hydrogen) atoms. The van der Waals surface area contributed by atoms with Crippen LogP contribution >= 0.6 is 0 Å². The van der Waals surface area contributed by atoms with Gasteiger partial charge in [0.2, 0.25) is 5.91 Å². The lowest BCUT2D eigenvalue weighted by Crippen LogP contribution is -2.58. The van der Waals surface area contributed by atoms with Gasteiger partial charge in [-0.15, -0.1) is 0 Å². The molecule has 0 saturated carbocycles. The molecule has 2 rings (SSSR count). The first-order chi connectivity index (χ1) is 11.2. The van der Waals surface area contributed by atoms with Crippen molar-refractivity contribution in [1.29, 1.82) is 5.26 Å². The molecule has 1 aliphatic heterocycles. The van der Waals surface area contributed by atoms with E-state index in [1.165, 1.54) is 20.1 Å². The number of hydrogen-bond donors (Lipinski definition) is 2. The highest BCUT2D eigenvalue weighted by atomic mass is 16.5. The monoisotopic (exact) mass is 333 g/mol. The molecule has 0 aromatic heterocycles. The summed E-state index contributed by atoms with van der Waals surface area (Å²) in [6.07, 6.45) is -2.00. The van der Waals surface area contributed by atoms with Crippen LogP contribution in [0.2, 0.25) is 0 Å². The number of nitriles is 1. The average Bonchev–Trinajstić information content (AvgIpc) is 2.53. The van der Waals surface area contributed by atoms with E-state index in [9.17, 15) is 14.7 Å². The molecule has 0 fully saturated rings. The Hall–Kier alpha value is -2.79. The zero-order valence-electron chi connectivity index (χ0n) is 13.9. The zero-order valence-corrected chi connectivity index (χ0v) is 13.9. The number of amides is 2. The fraction of sp³-hybridized carbons (Fsp3) is 0.438. The molecule has 1 aliphatic rings. The topological polar surface area (TPSA) is 112 Å². The Balaban J connectivity index is 2.58. The number of methoxy groups -OCH3 is 1. The van der Waals surface area contributed by atoms with Crippen LogP contribution in [0.15, 0.2) is 18.2 Å². The van der Waals surface area contributed by atoms with Gasteiger partial charge in [-0.2, -0.15) is 5.26 Å². The maximum Gasteiger partial charge on any atom is 0.425 e. The first-order valence-electron chi connectivity index (χ1n) is 7.26. The molecule has 0 spiro atoms. The molecule has 2 unspecified atom stereocenters. The molecular weight excluding hydrogens is 314 g/mol. The molecular formula is C16H19N3O5. The van der Waals surface area contributed by atoms with Crippen molar-refractivity contribution in [2.24, 2.45) is 0 Å². The third-order valence-corrected chi connectivity index (χ3v) is 3.86. The minimum absolute atomic E-state index is 0.343. The zero-order chi connectivity index (χ0) is 18.1. The molecule has 1 aromatic carbocycles. The summed E-state index contributed by atoms with van der Waals surface area (Å²) in [5.74, 6) is -0.0809. The van der Waals surface area contributed by atoms with Gasteiger partial charge in [-0.05, 0) is 32.0 Å². The van der Waals surface area contributed by atoms with Gasteiger partial charge in [0, 0.05) is 12.5 Å². The molecule has 0 bridgehead atoms. The lowest BCUT2D eigenvalue weighted by Gasteiger charge is -2.45. The number of carbonyl (C=O) groups is 2. The van der Waals surface area contributed by atoms with E-state index in [0.29, 0.717) is 16.9 Å². The van der Waals surface area contributed by atoms with Crippen molar-refractivity contribution < 1.29 is 24.2 Å². The molecule has 8 heteroatoms. The van der Waals surface area contributed by atoms with Gasteiger partial charge in [-0.3, -0.25) is 4.79 Å². The van der Waals surface area contributed by atoms with Crippen molar-refractivity contribution in [2.45, 2.75) is 38.5 Å². The number of benzene rings is 1. The van der Waals surface area contributed by atoms with Crippen molar-refractivity contribution in [2.75, 3.05) is 7.11 Å². The highest BCUT2D eigenvalue weighted by molar-refractivity contribution is 5.78. The third kappa shape index (κ3) is 3.12. The van der Waals surface area contributed by atoms with E-state index in [4.69, 9.17) is 10.00 Å². The first kappa shape index (κ1) is 17.6. The van der Waals surface area contributed by atoms with Crippen LogP contribution in [-0.4, -0.2) is 40.9 Å². The lowest BCUT2D eigenvalue weighted by molar-refractivity contribution is -0.147. The number of hydrogen-bond acceptors (Lipinski definition) is 6. The van der Waals surface area contributed by atoms with E-state index >= 15 is 0 Å². The van der Waals surface area contributed by atoms with Crippen molar-refractivity contribution in [3.05, 3.63) is 29.3 Å². The quantitative estimate of drug-likeness (QED) is 0.748. The lowest BCUT2D eigenvalue weighted by atomic mass is 9.85. The van der Waals surface area contributed by atoms with Crippen LogP contribution in [0.1, 0.15) is 37.9 Å². The summed E-state index contributed by atoms with van der Waals surface area (Å²) in [6, 6.07) is 5.77. The number of aliphatic hydroxyl groups is 1. The van der Waals surface area contributed by atoms with Crippen molar-refractivity contribution >= 4 is 12.0 Å². The minimum atomic E-state index is -1.15. The summed E-state index contributed by atoms with van der Waals surface area (Å²) in [6.45, 7) is 4.59. The van der Waals surface area contributed by atoms with Gasteiger partial charge in [0.15, 0.2) is 0 Å². The van der Waals surface area contributed by atoms with Crippen LogP contribution in [0.4, 0.5) is 4.79 Å².